The summed E-state index contributed by atoms with van der Waals surface area (Å²) in [4.78, 5) is 38.4. The number of rotatable bonds is 8. The van der Waals surface area contributed by atoms with Crippen molar-refractivity contribution in [3.05, 3.63) is 70.4 Å². The number of anilines is 1. The highest BCUT2D eigenvalue weighted by Gasteiger charge is 2.36. The quantitative estimate of drug-likeness (QED) is 0.272. The number of carbonyl (C=O) groups excluding carboxylic acids is 2. The number of aliphatic hydroxyl groups excluding tert-OH is 1. The van der Waals surface area contributed by atoms with Crippen LogP contribution in [0.25, 0.3) is 11.3 Å². The summed E-state index contributed by atoms with van der Waals surface area (Å²) < 4.78 is 35.1. The van der Waals surface area contributed by atoms with Gasteiger partial charge in [0.25, 0.3) is 15.9 Å². The number of sulfonamides is 1. The van der Waals surface area contributed by atoms with Gasteiger partial charge in [-0.05, 0) is 82.7 Å². The second kappa shape index (κ2) is 14.6. The number of carbonyl (C=O) groups is 2. The fourth-order valence-electron chi connectivity index (χ4n) is 5.56. The van der Waals surface area contributed by atoms with E-state index in [4.69, 9.17) is 16.3 Å². The molecule has 1 saturated heterocycles. The molecule has 2 N–H and O–H groups in total. The number of ether oxygens (including phenoxy) is 1. The fourth-order valence-corrected chi connectivity index (χ4v) is 6.74. The van der Waals surface area contributed by atoms with Crippen LogP contribution >= 0.6 is 11.6 Å². The van der Waals surface area contributed by atoms with Gasteiger partial charge < -0.3 is 19.6 Å². The molecule has 1 unspecified atom stereocenters. The zero-order valence-corrected chi connectivity index (χ0v) is 29.5. The van der Waals surface area contributed by atoms with Crippen LogP contribution in [0.3, 0.4) is 0 Å². The number of amides is 2. The molecule has 3 aromatic rings. The number of aliphatic hydroxyl groups is 1. The number of benzene rings is 2. The molecule has 2 heterocycles. The molecule has 2 amide bonds. The Morgan fingerprint density at radius 1 is 1.04 bits per heavy atom. The van der Waals surface area contributed by atoms with Crippen molar-refractivity contribution in [2.24, 2.45) is 5.92 Å². The van der Waals surface area contributed by atoms with Crippen molar-refractivity contribution < 1.29 is 27.9 Å². The highest BCUT2D eigenvalue weighted by atomic mass is 35.5. The summed E-state index contributed by atoms with van der Waals surface area (Å²) in [5.41, 5.74) is 2.56. The number of nitrogens with zero attached hydrogens (tertiary/aromatic N) is 4. The maximum absolute atomic E-state index is 14.0. The van der Waals surface area contributed by atoms with Crippen molar-refractivity contribution in [3.8, 4) is 11.3 Å². The number of β-amino-alcohol motifs (C(OH)–C–C–N with tert-alkyl or cyclic N) is 1. The number of hydrogen-bond acceptors (Lipinski definition) is 8. The van der Waals surface area contributed by atoms with Crippen molar-refractivity contribution in [1.82, 2.24) is 19.8 Å². The highest BCUT2D eigenvalue weighted by molar-refractivity contribution is 7.92. The van der Waals surface area contributed by atoms with Gasteiger partial charge in [-0.25, -0.2) is 27.9 Å². The molecule has 13 heteroatoms. The van der Waals surface area contributed by atoms with E-state index < -0.39 is 39.8 Å². The summed E-state index contributed by atoms with van der Waals surface area (Å²) in [7, 11) is -4.25. The van der Waals surface area contributed by atoms with Gasteiger partial charge in [0.05, 0.1) is 23.2 Å². The van der Waals surface area contributed by atoms with Crippen LogP contribution in [0.2, 0.25) is 5.15 Å². The van der Waals surface area contributed by atoms with Crippen LogP contribution in [-0.4, -0.2) is 82.7 Å². The standard InChI is InChI=1S/C34H44ClN5O6S/c1-21(2)14-15-25-18-39(33(43)46-34(5,6)7)19-26(41)20-40(25)31(42)24-12-9-13-27(16-24)47(44,45)38-32-36-28(17-29(35)37-32)30-22(3)10-8-11-23(30)4/h8-13,16-17,21,25-26,41H,14-15,18-20H2,1-7H3,(H,36,37,38)/t25?,26-/m1/s1. The van der Waals surface area contributed by atoms with E-state index in [0.29, 0.717) is 18.0 Å². The molecular weight excluding hydrogens is 642 g/mol. The normalized spacial score (nSPS) is 17.4. The Morgan fingerprint density at radius 2 is 1.70 bits per heavy atom. The van der Waals surface area contributed by atoms with Gasteiger partial charge in [0.1, 0.15) is 10.8 Å². The fraction of sp³-hybridized carbons (Fsp3) is 0.471. The molecule has 0 aliphatic carbocycles. The molecular formula is C34H44ClN5O6S. The van der Waals surface area contributed by atoms with Crippen molar-refractivity contribution in [1.29, 1.82) is 0 Å². The van der Waals surface area contributed by atoms with Crippen LogP contribution in [0.15, 0.2) is 53.4 Å². The maximum Gasteiger partial charge on any atom is 0.410 e. The second-order valence-corrected chi connectivity index (χ2v) is 15.5. The van der Waals surface area contributed by atoms with Gasteiger partial charge in [-0.1, -0.05) is 49.7 Å². The Morgan fingerprint density at radius 3 is 2.34 bits per heavy atom. The number of aryl methyl sites for hydroxylation is 2. The molecule has 1 aromatic heterocycles. The third-order valence-corrected chi connectivity index (χ3v) is 9.27. The SMILES string of the molecule is Cc1cccc(C)c1-c1cc(Cl)nc(NS(=O)(=O)c2cccc(C(=O)N3C[C@H](O)CN(C(=O)OC(C)(C)C)CC3CCC(C)C)c2)n1. The van der Waals surface area contributed by atoms with Gasteiger partial charge in [-0.3, -0.25) is 4.79 Å². The second-order valence-electron chi connectivity index (χ2n) is 13.4. The zero-order valence-electron chi connectivity index (χ0n) is 27.9. The predicted octanol–water partition coefficient (Wildman–Crippen LogP) is 6.07. The molecule has 2 aromatic carbocycles. The smallest absolute Gasteiger partial charge is 0.410 e. The lowest BCUT2D eigenvalue weighted by Crippen LogP contribution is -2.46. The maximum atomic E-state index is 14.0. The monoisotopic (exact) mass is 685 g/mol. The van der Waals surface area contributed by atoms with Crippen LogP contribution in [0.4, 0.5) is 10.7 Å². The molecule has 1 aliphatic rings. The minimum Gasteiger partial charge on any atom is -0.444 e. The molecule has 4 rings (SSSR count). The van der Waals surface area contributed by atoms with E-state index >= 15 is 0 Å². The molecule has 0 saturated carbocycles. The Bertz CT molecular complexity index is 1710. The molecule has 47 heavy (non-hydrogen) atoms. The Kier molecular flexibility index (Phi) is 11.2. The molecule has 1 fully saturated rings. The summed E-state index contributed by atoms with van der Waals surface area (Å²) in [5, 5.41) is 11.0. The summed E-state index contributed by atoms with van der Waals surface area (Å²) in [5.74, 6) is -0.339. The average Bonchev–Trinajstić information content (AvgIpc) is 3.13. The number of halogens is 1. The number of aromatic nitrogens is 2. The third-order valence-electron chi connectivity index (χ3n) is 7.75. The van der Waals surface area contributed by atoms with Crippen LogP contribution in [0.1, 0.15) is 68.9 Å². The van der Waals surface area contributed by atoms with Gasteiger partial charge in [0.15, 0.2) is 0 Å². The largest absolute Gasteiger partial charge is 0.444 e. The lowest BCUT2D eigenvalue weighted by atomic mass is 10.00. The van der Waals surface area contributed by atoms with Crippen molar-refractivity contribution >= 4 is 39.6 Å². The summed E-state index contributed by atoms with van der Waals surface area (Å²) in [6, 6.07) is 12.6. The molecule has 254 valence electrons. The Hall–Kier alpha value is -3.74. The molecule has 0 radical (unpaired) electrons. The lowest BCUT2D eigenvalue weighted by Gasteiger charge is -2.33. The van der Waals surface area contributed by atoms with Gasteiger partial charge in [0, 0.05) is 36.3 Å². The van der Waals surface area contributed by atoms with E-state index in [1.165, 1.54) is 34.1 Å². The van der Waals surface area contributed by atoms with E-state index in [0.717, 1.165) is 23.1 Å². The zero-order chi connectivity index (χ0) is 34.7. The van der Waals surface area contributed by atoms with Crippen LogP contribution < -0.4 is 4.72 Å². The van der Waals surface area contributed by atoms with Crippen molar-refractivity contribution in [3.63, 3.8) is 0 Å². The lowest BCUT2D eigenvalue weighted by molar-refractivity contribution is 0.0172. The first kappa shape index (κ1) is 36.1. The Balaban J connectivity index is 1.62. The molecule has 0 spiro atoms. The average molecular weight is 686 g/mol. The van der Waals surface area contributed by atoms with E-state index in [9.17, 15) is 23.1 Å². The number of nitrogens with one attached hydrogen (secondary N) is 1. The minimum absolute atomic E-state index is 0.00113. The van der Waals surface area contributed by atoms with Gasteiger partial charge in [-0.2, -0.15) is 0 Å². The van der Waals surface area contributed by atoms with E-state index in [1.54, 1.807) is 26.8 Å². The molecule has 0 bridgehead atoms. The third kappa shape index (κ3) is 9.42. The first-order chi connectivity index (χ1) is 21.9. The van der Waals surface area contributed by atoms with Crippen LogP contribution in [0, 0.1) is 19.8 Å². The summed E-state index contributed by atoms with van der Waals surface area (Å²) in [6.45, 7) is 13.4. The predicted molar refractivity (Wildman–Crippen MR) is 182 cm³/mol. The Labute approximate surface area is 282 Å². The summed E-state index contributed by atoms with van der Waals surface area (Å²) in [6.07, 6.45) is -0.253. The van der Waals surface area contributed by atoms with Crippen molar-refractivity contribution in [2.75, 3.05) is 24.4 Å². The van der Waals surface area contributed by atoms with Gasteiger partial charge in [-0.15, -0.1) is 0 Å². The minimum atomic E-state index is -4.25. The highest BCUT2D eigenvalue weighted by Crippen LogP contribution is 2.29. The first-order valence-corrected chi connectivity index (χ1v) is 17.5. The van der Waals surface area contributed by atoms with Crippen LogP contribution in [0.5, 0.6) is 0 Å². The van der Waals surface area contributed by atoms with E-state index in [2.05, 4.69) is 28.5 Å². The van der Waals surface area contributed by atoms with Gasteiger partial charge in [0.2, 0.25) is 5.95 Å². The number of hydrogen-bond donors (Lipinski definition) is 2. The van der Waals surface area contributed by atoms with E-state index in [-0.39, 0.29) is 41.2 Å². The van der Waals surface area contributed by atoms with E-state index in [1.807, 2.05) is 32.0 Å². The van der Waals surface area contributed by atoms with Crippen LogP contribution in [-0.2, 0) is 14.8 Å². The van der Waals surface area contributed by atoms with Gasteiger partial charge >= 0.3 is 6.09 Å². The summed E-state index contributed by atoms with van der Waals surface area (Å²) >= 11 is 6.29. The van der Waals surface area contributed by atoms with Crippen molar-refractivity contribution in [2.45, 2.75) is 84.0 Å². The molecule has 1 aliphatic heterocycles. The topological polar surface area (TPSA) is 142 Å². The molecule has 2 atom stereocenters. The first-order valence-electron chi connectivity index (χ1n) is 15.6. The molecule has 11 nitrogen and oxygen atoms in total.